The van der Waals surface area contributed by atoms with Crippen LogP contribution >= 0.6 is 23.2 Å². The second-order valence-corrected chi connectivity index (χ2v) is 6.24. The summed E-state index contributed by atoms with van der Waals surface area (Å²) in [6.07, 6.45) is 1.55. The highest BCUT2D eigenvalue weighted by Crippen LogP contribution is 2.40. The molecule has 2 aromatic carbocycles. The van der Waals surface area contributed by atoms with Gasteiger partial charge in [-0.3, -0.25) is 9.78 Å². The Morgan fingerprint density at radius 2 is 1.82 bits per heavy atom. The maximum Gasteiger partial charge on any atom is 0.280 e. The zero-order chi connectivity index (χ0) is 20.8. The zero-order valence-electron chi connectivity index (χ0n) is 15.7. The Bertz CT molecular complexity index is 1050. The van der Waals surface area contributed by atoms with Crippen LogP contribution < -0.4 is 16.2 Å². The number of hydrogen-bond acceptors (Lipinski definition) is 3. The van der Waals surface area contributed by atoms with E-state index in [0.29, 0.717) is 37.8 Å². The first kappa shape index (κ1) is 21.5. The molecule has 1 amide bonds. The van der Waals surface area contributed by atoms with E-state index < -0.39 is 5.91 Å². The largest absolute Gasteiger partial charge is 0.496 e. The molecule has 6 nitrogen and oxygen atoms in total. The average Bonchev–Trinajstić information content (AvgIpc) is 2.69. The third-order valence-electron chi connectivity index (χ3n) is 3.73. The summed E-state index contributed by atoms with van der Waals surface area (Å²) in [4.78, 5) is 20.0. The van der Waals surface area contributed by atoms with Gasteiger partial charge in [0.15, 0.2) is 5.96 Å². The lowest BCUT2D eigenvalue weighted by Crippen LogP contribution is -2.24. The van der Waals surface area contributed by atoms with Crippen LogP contribution in [0.1, 0.15) is 24.2 Å². The lowest BCUT2D eigenvalue weighted by atomic mass is 9.98. The number of amides is 1. The summed E-state index contributed by atoms with van der Waals surface area (Å²) in [7, 11) is 1.54. The molecule has 8 heteroatoms. The number of carbonyl (C=O) groups excluding carboxylic acids is 1. The van der Waals surface area contributed by atoms with E-state index in [1.807, 2.05) is 13.8 Å². The first-order valence-electron chi connectivity index (χ1n) is 8.47. The zero-order valence-corrected chi connectivity index (χ0v) is 17.2. The van der Waals surface area contributed by atoms with Gasteiger partial charge in [0.25, 0.3) is 5.91 Å². The molecule has 1 heterocycles. The number of ether oxygens (including phenoxy) is 1. The van der Waals surface area contributed by atoms with Crippen molar-refractivity contribution in [3.63, 3.8) is 0 Å². The number of benzene rings is 2. The molecule has 1 aromatic heterocycles. The lowest BCUT2D eigenvalue weighted by molar-refractivity contribution is 0.100. The molecule has 0 aliphatic carbocycles. The molecule has 3 aromatic rings. The number of hydrogen-bond donors (Lipinski definition) is 2. The highest BCUT2D eigenvalue weighted by molar-refractivity contribution is 6.35. The minimum atomic E-state index is -0.555. The summed E-state index contributed by atoms with van der Waals surface area (Å²) in [5.74, 6) is -0.312. The van der Waals surface area contributed by atoms with Crippen LogP contribution in [0.2, 0.25) is 10.0 Å². The molecule has 0 atom stereocenters. The van der Waals surface area contributed by atoms with Crippen molar-refractivity contribution in [3.8, 4) is 16.9 Å². The Morgan fingerprint density at radius 3 is 2.46 bits per heavy atom. The molecular formula is C20H20Cl2N4O2. The van der Waals surface area contributed by atoms with Crippen LogP contribution in [0.4, 0.5) is 0 Å². The van der Waals surface area contributed by atoms with Gasteiger partial charge in [-0.15, -0.1) is 0 Å². The van der Waals surface area contributed by atoms with Gasteiger partial charge < -0.3 is 16.2 Å². The summed E-state index contributed by atoms with van der Waals surface area (Å²) in [6, 6.07) is 10.2. The number of pyridine rings is 1. The number of aromatic nitrogens is 1. The van der Waals surface area contributed by atoms with Crippen molar-refractivity contribution >= 4 is 46.0 Å². The van der Waals surface area contributed by atoms with Gasteiger partial charge in [-0.1, -0.05) is 37.0 Å². The Hall–Kier alpha value is -2.83. The predicted molar refractivity (Wildman–Crippen MR) is 115 cm³/mol. The minimum absolute atomic E-state index is 0.307. The normalized spacial score (nSPS) is 10.0. The molecule has 0 radical (unpaired) electrons. The van der Waals surface area contributed by atoms with Gasteiger partial charge in [-0.25, -0.2) is 0 Å². The monoisotopic (exact) mass is 418 g/mol. The number of fused-ring (bicyclic) bond motifs is 1. The van der Waals surface area contributed by atoms with Crippen LogP contribution in [0.15, 0.2) is 47.6 Å². The second-order valence-electron chi connectivity index (χ2n) is 5.40. The Balaban J connectivity index is 0.00000136. The van der Waals surface area contributed by atoms with Crippen molar-refractivity contribution in [2.24, 2.45) is 16.5 Å². The number of nitrogens with zero attached hydrogens (tertiary/aromatic N) is 2. The van der Waals surface area contributed by atoms with Crippen LogP contribution in [-0.2, 0) is 0 Å². The van der Waals surface area contributed by atoms with Crippen LogP contribution in [0.25, 0.3) is 22.0 Å². The number of rotatable bonds is 3. The van der Waals surface area contributed by atoms with Crippen molar-refractivity contribution in [2.45, 2.75) is 13.8 Å². The molecule has 0 saturated heterocycles. The van der Waals surface area contributed by atoms with Gasteiger partial charge in [-0.2, -0.15) is 4.99 Å². The number of halogens is 2. The van der Waals surface area contributed by atoms with Crippen molar-refractivity contribution < 1.29 is 9.53 Å². The topological polar surface area (TPSA) is 104 Å². The van der Waals surface area contributed by atoms with Crippen molar-refractivity contribution in [1.82, 2.24) is 4.98 Å². The molecule has 0 aliphatic heterocycles. The number of methoxy groups -OCH3 is 1. The van der Waals surface area contributed by atoms with Crippen LogP contribution in [0.5, 0.6) is 5.75 Å². The summed E-state index contributed by atoms with van der Waals surface area (Å²) < 4.78 is 5.43. The molecule has 0 unspecified atom stereocenters. The highest BCUT2D eigenvalue weighted by atomic mass is 35.5. The van der Waals surface area contributed by atoms with Crippen LogP contribution in [0, 0.1) is 0 Å². The molecule has 0 aliphatic rings. The first-order chi connectivity index (χ1) is 13.4. The number of nitrogens with two attached hydrogens (primary N) is 2. The summed E-state index contributed by atoms with van der Waals surface area (Å²) in [5.41, 5.74) is 12.9. The second kappa shape index (κ2) is 9.39. The third-order valence-corrected chi connectivity index (χ3v) is 4.25. The lowest BCUT2D eigenvalue weighted by Gasteiger charge is -2.13. The van der Waals surface area contributed by atoms with Crippen molar-refractivity contribution in [2.75, 3.05) is 7.11 Å². The molecule has 4 N–H and O–H groups in total. The fraction of sp³-hybridized carbons (Fsp3) is 0.150. The third kappa shape index (κ3) is 4.52. The quantitative estimate of drug-likeness (QED) is 0.475. The number of guanidine groups is 1. The van der Waals surface area contributed by atoms with E-state index >= 15 is 0 Å². The van der Waals surface area contributed by atoms with Gasteiger partial charge in [-0.05, 0) is 36.4 Å². The molecule has 0 bridgehead atoms. The molecule has 0 saturated carbocycles. The molecule has 28 heavy (non-hydrogen) atoms. The molecule has 3 rings (SSSR count). The van der Waals surface area contributed by atoms with Gasteiger partial charge in [0, 0.05) is 33.3 Å². The fourth-order valence-corrected chi connectivity index (χ4v) is 3.04. The van der Waals surface area contributed by atoms with E-state index in [-0.39, 0.29) is 5.96 Å². The van der Waals surface area contributed by atoms with Crippen LogP contribution in [-0.4, -0.2) is 24.0 Å². The van der Waals surface area contributed by atoms with E-state index in [2.05, 4.69) is 9.98 Å². The van der Waals surface area contributed by atoms with Crippen LogP contribution in [0.3, 0.4) is 0 Å². The van der Waals surface area contributed by atoms with Gasteiger partial charge >= 0.3 is 0 Å². The summed E-state index contributed by atoms with van der Waals surface area (Å²) in [6.45, 7) is 4.00. The Labute approximate surface area is 173 Å². The predicted octanol–water partition coefficient (Wildman–Crippen LogP) is 4.66. The van der Waals surface area contributed by atoms with Gasteiger partial charge in [0.1, 0.15) is 5.75 Å². The summed E-state index contributed by atoms with van der Waals surface area (Å²) >= 11 is 12.5. The highest BCUT2D eigenvalue weighted by Gasteiger charge is 2.16. The SMILES string of the molecule is CC.COc1cc(Cl)ccc1-c1c(Cl)cnc2ccc(C(=O)N=C(N)N)cc12. The van der Waals surface area contributed by atoms with Gasteiger partial charge in [0.2, 0.25) is 0 Å². The molecule has 0 spiro atoms. The van der Waals surface area contributed by atoms with E-state index in [0.717, 1.165) is 5.56 Å². The van der Waals surface area contributed by atoms with Crippen molar-refractivity contribution in [3.05, 3.63) is 58.2 Å². The van der Waals surface area contributed by atoms with Gasteiger partial charge in [0.05, 0.1) is 17.6 Å². The Morgan fingerprint density at radius 1 is 1.11 bits per heavy atom. The minimum Gasteiger partial charge on any atom is -0.496 e. The van der Waals surface area contributed by atoms with E-state index in [4.69, 9.17) is 39.4 Å². The fourth-order valence-electron chi connectivity index (χ4n) is 2.63. The molecular weight excluding hydrogens is 399 g/mol. The maximum atomic E-state index is 12.2. The maximum absolute atomic E-state index is 12.2. The number of carbonyl (C=O) groups is 1. The first-order valence-corrected chi connectivity index (χ1v) is 9.22. The number of aliphatic imine (C=N–C) groups is 1. The standard InChI is InChI=1S/C18H14Cl2N4O2.C2H6/c1-26-15-7-10(19)3-4-11(15)16-12-6-9(17(25)24-18(21)22)2-5-14(12)23-8-13(16)20;1-2/h2-8H,1H3,(H4,21,22,24,25);1-2H3. The average molecular weight is 419 g/mol. The van der Waals surface area contributed by atoms with E-state index in [1.165, 1.54) is 0 Å². The Kier molecular flexibility index (Phi) is 7.20. The molecule has 0 fully saturated rings. The van der Waals surface area contributed by atoms with E-state index in [1.54, 1.807) is 49.7 Å². The summed E-state index contributed by atoms with van der Waals surface area (Å²) in [5, 5.41) is 1.60. The smallest absolute Gasteiger partial charge is 0.280 e. The van der Waals surface area contributed by atoms with Crippen molar-refractivity contribution in [1.29, 1.82) is 0 Å². The van der Waals surface area contributed by atoms with E-state index in [9.17, 15) is 4.79 Å². The molecule has 146 valence electrons.